The van der Waals surface area contributed by atoms with E-state index in [1.54, 1.807) is 7.11 Å². The molecule has 0 saturated carbocycles. The molecule has 0 amide bonds. The molecule has 82 valence electrons. The number of carbonyl (C=O) groups excluding carboxylic acids is 1. The van der Waals surface area contributed by atoms with Crippen LogP contribution in [0.2, 0.25) is 0 Å². The van der Waals surface area contributed by atoms with Crippen molar-refractivity contribution in [1.82, 2.24) is 4.90 Å². The van der Waals surface area contributed by atoms with Gasteiger partial charge in [0, 0.05) is 19.6 Å². The Kier molecular flexibility index (Phi) is 4.55. The lowest BCUT2D eigenvalue weighted by molar-refractivity contribution is -0.122. The molecule has 3 heteroatoms. The molecule has 0 N–H and O–H groups in total. The molecule has 14 heavy (non-hydrogen) atoms. The Balaban J connectivity index is 2.25. The average molecular weight is 199 g/mol. The van der Waals surface area contributed by atoms with Gasteiger partial charge in [0.05, 0.1) is 13.2 Å². The highest BCUT2D eigenvalue weighted by molar-refractivity contribution is 5.82. The molecular weight excluding hydrogens is 178 g/mol. The maximum Gasteiger partial charge on any atom is 0.149 e. The number of rotatable bonds is 5. The third-order valence-corrected chi connectivity index (χ3v) is 2.80. The van der Waals surface area contributed by atoms with Crippen LogP contribution in [0.3, 0.4) is 0 Å². The summed E-state index contributed by atoms with van der Waals surface area (Å²) in [7, 11) is 1.74. The van der Waals surface area contributed by atoms with Gasteiger partial charge in [-0.1, -0.05) is 13.8 Å². The van der Waals surface area contributed by atoms with E-state index in [0.29, 0.717) is 18.2 Å². The van der Waals surface area contributed by atoms with Crippen molar-refractivity contribution in [3.05, 3.63) is 0 Å². The van der Waals surface area contributed by atoms with Gasteiger partial charge >= 0.3 is 0 Å². The van der Waals surface area contributed by atoms with Crippen LogP contribution in [-0.4, -0.2) is 44.0 Å². The SMILES string of the molecule is COCC1CCN(CC(=O)C(C)C)C1. The zero-order valence-electron chi connectivity index (χ0n) is 9.45. The number of likely N-dealkylation sites (tertiary alicyclic amines) is 1. The van der Waals surface area contributed by atoms with Crippen LogP contribution in [0.15, 0.2) is 0 Å². The van der Waals surface area contributed by atoms with Crippen molar-refractivity contribution < 1.29 is 9.53 Å². The molecule has 1 aliphatic heterocycles. The van der Waals surface area contributed by atoms with Crippen molar-refractivity contribution >= 4 is 5.78 Å². The monoisotopic (exact) mass is 199 g/mol. The summed E-state index contributed by atoms with van der Waals surface area (Å²) in [5.74, 6) is 1.14. The third kappa shape index (κ3) is 3.39. The molecule has 1 heterocycles. The Hall–Kier alpha value is -0.410. The van der Waals surface area contributed by atoms with Gasteiger partial charge in [0.1, 0.15) is 5.78 Å². The van der Waals surface area contributed by atoms with Crippen LogP contribution in [0.4, 0.5) is 0 Å². The number of ketones is 1. The summed E-state index contributed by atoms with van der Waals surface area (Å²) in [6.07, 6.45) is 1.17. The normalized spacial score (nSPS) is 23.3. The summed E-state index contributed by atoms with van der Waals surface area (Å²) in [6.45, 7) is 7.44. The van der Waals surface area contributed by atoms with Crippen LogP contribution in [-0.2, 0) is 9.53 Å². The first-order valence-corrected chi connectivity index (χ1v) is 5.37. The Bertz CT molecular complexity index is 192. The molecule has 0 bridgehead atoms. The van der Waals surface area contributed by atoms with Crippen molar-refractivity contribution in [3.63, 3.8) is 0 Å². The molecule has 0 aliphatic carbocycles. The molecule has 0 aromatic carbocycles. The predicted octanol–water partition coefficient (Wildman–Crippen LogP) is 1.18. The predicted molar refractivity (Wildman–Crippen MR) is 56.3 cm³/mol. The van der Waals surface area contributed by atoms with E-state index >= 15 is 0 Å². The van der Waals surface area contributed by atoms with Gasteiger partial charge in [-0.25, -0.2) is 0 Å². The zero-order valence-corrected chi connectivity index (χ0v) is 9.45. The van der Waals surface area contributed by atoms with E-state index in [4.69, 9.17) is 4.74 Å². The van der Waals surface area contributed by atoms with E-state index in [1.807, 2.05) is 13.8 Å². The third-order valence-electron chi connectivity index (χ3n) is 2.80. The first-order chi connectivity index (χ1) is 6.63. The quantitative estimate of drug-likeness (QED) is 0.666. The van der Waals surface area contributed by atoms with E-state index in [2.05, 4.69) is 4.90 Å². The van der Waals surface area contributed by atoms with Crippen molar-refractivity contribution in [2.45, 2.75) is 20.3 Å². The van der Waals surface area contributed by atoms with Crippen LogP contribution < -0.4 is 0 Å². The highest BCUT2D eigenvalue weighted by Crippen LogP contribution is 2.16. The van der Waals surface area contributed by atoms with Gasteiger partial charge in [-0.15, -0.1) is 0 Å². The minimum absolute atomic E-state index is 0.163. The zero-order chi connectivity index (χ0) is 10.6. The fourth-order valence-electron chi connectivity index (χ4n) is 1.83. The second kappa shape index (κ2) is 5.47. The molecular formula is C11H21NO2. The molecule has 1 fully saturated rings. The number of ether oxygens (including phenoxy) is 1. The lowest BCUT2D eigenvalue weighted by Gasteiger charge is -2.16. The van der Waals surface area contributed by atoms with Gasteiger partial charge in [-0.05, 0) is 18.9 Å². The van der Waals surface area contributed by atoms with Crippen LogP contribution in [0.5, 0.6) is 0 Å². The maximum atomic E-state index is 11.5. The van der Waals surface area contributed by atoms with Crippen LogP contribution in [0.25, 0.3) is 0 Å². The second-order valence-corrected chi connectivity index (χ2v) is 4.47. The summed E-state index contributed by atoms with van der Waals surface area (Å²) in [5, 5.41) is 0. The van der Waals surface area contributed by atoms with Crippen molar-refractivity contribution in [1.29, 1.82) is 0 Å². The van der Waals surface area contributed by atoms with Gasteiger partial charge in [0.25, 0.3) is 0 Å². The second-order valence-electron chi connectivity index (χ2n) is 4.47. The van der Waals surface area contributed by atoms with Gasteiger partial charge in [0.15, 0.2) is 0 Å². The maximum absolute atomic E-state index is 11.5. The van der Waals surface area contributed by atoms with Crippen LogP contribution in [0, 0.1) is 11.8 Å². The number of nitrogens with zero attached hydrogens (tertiary/aromatic N) is 1. The van der Waals surface area contributed by atoms with E-state index in [9.17, 15) is 4.79 Å². The Morgan fingerprint density at radius 3 is 2.86 bits per heavy atom. The highest BCUT2D eigenvalue weighted by atomic mass is 16.5. The van der Waals surface area contributed by atoms with Crippen molar-refractivity contribution in [2.24, 2.45) is 11.8 Å². The van der Waals surface area contributed by atoms with Gasteiger partial charge in [-0.3, -0.25) is 9.69 Å². The number of Topliss-reactive ketones (excluding diaryl/α,β-unsaturated/α-hetero) is 1. The smallest absolute Gasteiger partial charge is 0.149 e. The lowest BCUT2D eigenvalue weighted by Crippen LogP contribution is -2.30. The largest absolute Gasteiger partial charge is 0.384 e. The molecule has 1 saturated heterocycles. The van der Waals surface area contributed by atoms with Gasteiger partial charge in [0.2, 0.25) is 0 Å². The Labute approximate surface area is 86.4 Å². The molecule has 0 aromatic heterocycles. The summed E-state index contributed by atoms with van der Waals surface area (Å²) < 4.78 is 5.11. The molecule has 1 atom stereocenters. The summed E-state index contributed by atoms with van der Waals surface area (Å²) in [4.78, 5) is 13.7. The van der Waals surface area contributed by atoms with E-state index in [-0.39, 0.29) is 5.92 Å². The minimum Gasteiger partial charge on any atom is -0.384 e. The summed E-state index contributed by atoms with van der Waals surface area (Å²) in [6, 6.07) is 0. The highest BCUT2D eigenvalue weighted by Gasteiger charge is 2.24. The lowest BCUT2D eigenvalue weighted by atomic mass is 10.1. The summed E-state index contributed by atoms with van der Waals surface area (Å²) in [5.41, 5.74) is 0. The molecule has 0 aromatic rings. The van der Waals surface area contributed by atoms with Crippen LogP contribution >= 0.6 is 0 Å². The van der Waals surface area contributed by atoms with E-state index in [0.717, 1.165) is 19.7 Å². The fourth-order valence-corrected chi connectivity index (χ4v) is 1.83. The van der Waals surface area contributed by atoms with E-state index in [1.165, 1.54) is 6.42 Å². The van der Waals surface area contributed by atoms with Crippen molar-refractivity contribution in [2.75, 3.05) is 33.4 Å². The first kappa shape index (κ1) is 11.7. The summed E-state index contributed by atoms with van der Waals surface area (Å²) >= 11 is 0. The minimum atomic E-state index is 0.163. The molecule has 3 nitrogen and oxygen atoms in total. The van der Waals surface area contributed by atoms with Crippen LogP contribution in [0.1, 0.15) is 20.3 Å². The number of hydrogen-bond acceptors (Lipinski definition) is 3. The molecule has 0 radical (unpaired) electrons. The van der Waals surface area contributed by atoms with E-state index < -0.39 is 0 Å². The topological polar surface area (TPSA) is 29.5 Å². The Morgan fingerprint density at radius 1 is 1.57 bits per heavy atom. The first-order valence-electron chi connectivity index (χ1n) is 5.37. The molecule has 0 spiro atoms. The Morgan fingerprint density at radius 2 is 2.29 bits per heavy atom. The van der Waals surface area contributed by atoms with Crippen molar-refractivity contribution in [3.8, 4) is 0 Å². The molecule has 1 unspecified atom stereocenters. The van der Waals surface area contributed by atoms with Gasteiger partial charge in [-0.2, -0.15) is 0 Å². The number of hydrogen-bond donors (Lipinski definition) is 0. The van der Waals surface area contributed by atoms with Gasteiger partial charge < -0.3 is 4.74 Å². The number of methoxy groups -OCH3 is 1. The molecule has 1 rings (SSSR count). The molecule has 1 aliphatic rings. The number of carbonyl (C=O) groups is 1. The fraction of sp³-hybridized carbons (Fsp3) is 0.909. The average Bonchev–Trinajstić information content (AvgIpc) is 2.53. The standard InChI is InChI=1S/C11H21NO2/c1-9(2)11(13)7-12-5-4-10(6-12)8-14-3/h9-10H,4-8H2,1-3H3.